The molecule has 0 unspecified atom stereocenters. The molecule has 0 N–H and O–H groups in total. The van der Waals surface area contributed by atoms with Crippen LogP contribution in [0.2, 0.25) is 0 Å². The number of para-hydroxylation sites is 2. The number of benzene rings is 1. The van der Waals surface area contributed by atoms with Crippen molar-refractivity contribution in [2.24, 2.45) is 0 Å². The molecule has 4 heteroatoms. The summed E-state index contributed by atoms with van der Waals surface area (Å²) in [5, 5.41) is 0. The summed E-state index contributed by atoms with van der Waals surface area (Å²) >= 11 is 0. The Morgan fingerprint density at radius 2 is 2.00 bits per heavy atom. The highest BCUT2D eigenvalue weighted by Crippen LogP contribution is 2.11. The summed E-state index contributed by atoms with van der Waals surface area (Å²) < 4.78 is 3.83. The number of hydrogen-bond donors (Lipinski definition) is 0. The molecule has 0 bridgehead atoms. The fourth-order valence-corrected chi connectivity index (χ4v) is 1.51. The smallest absolute Gasteiger partial charge is 0.116 e. The summed E-state index contributed by atoms with van der Waals surface area (Å²) in [7, 11) is 0. The summed E-state index contributed by atoms with van der Waals surface area (Å²) in [6.07, 6.45) is 7.16. The van der Waals surface area contributed by atoms with E-state index in [1.54, 1.807) is 18.9 Å². The van der Waals surface area contributed by atoms with Crippen LogP contribution in [-0.4, -0.2) is 19.3 Å². The van der Waals surface area contributed by atoms with Crippen LogP contribution in [0.25, 0.3) is 11.0 Å². The second-order valence-electron chi connectivity index (χ2n) is 3.02. The molecule has 0 saturated heterocycles. The zero-order valence-corrected chi connectivity index (χ0v) is 7.41. The van der Waals surface area contributed by atoms with Gasteiger partial charge in [0, 0.05) is 12.4 Å². The van der Waals surface area contributed by atoms with Crippen LogP contribution >= 0.6 is 0 Å². The van der Waals surface area contributed by atoms with Gasteiger partial charge in [0.15, 0.2) is 0 Å². The molecule has 0 spiro atoms. The highest BCUT2D eigenvalue weighted by Gasteiger charge is 2.01. The predicted molar refractivity (Wildman–Crippen MR) is 52.8 cm³/mol. The normalized spacial score (nSPS) is 10.9. The molecule has 0 aliphatic heterocycles. The van der Waals surface area contributed by atoms with Gasteiger partial charge in [-0.3, -0.25) is 0 Å². The third-order valence-electron chi connectivity index (χ3n) is 2.17. The second kappa shape index (κ2) is 2.70. The van der Waals surface area contributed by atoms with E-state index < -0.39 is 0 Å². The van der Waals surface area contributed by atoms with Gasteiger partial charge < -0.3 is 0 Å². The highest BCUT2D eigenvalue weighted by atomic mass is 15.5. The van der Waals surface area contributed by atoms with Gasteiger partial charge in [-0.15, -0.1) is 0 Å². The van der Waals surface area contributed by atoms with Crippen LogP contribution in [0.4, 0.5) is 0 Å². The maximum absolute atomic E-state index is 4.29. The Hall–Kier alpha value is -2.10. The Morgan fingerprint density at radius 3 is 2.86 bits per heavy atom. The molecule has 0 saturated carbocycles. The number of nitrogens with zero attached hydrogens (tertiary/aromatic N) is 4. The van der Waals surface area contributed by atoms with Crippen LogP contribution in [0.15, 0.2) is 49.3 Å². The van der Waals surface area contributed by atoms with E-state index in [0.717, 1.165) is 11.0 Å². The third-order valence-corrected chi connectivity index (χ3v) is 2.17. The van der Waals surface area contributed by atoms with E-state index in [1.165, 1.54) is 0 Å². The summed E-state index contributed by atoms with van der Waals surface area (Å²) in [5.41, 5.74) is 2.06. The molecule has 4 nitrogen and oxygen atoms in total. The van der Waals surface area contributed by atoms with E-state index in [2.05, 4.69) is 9.97 Å². The monoisotopic (exact) mass is 184 g/mol. The molecule has 2 heterocycles. The van der Waals surface area contributed by atoms with E-state index in [-0.39, 0.29) is 0 Å². The van der Waals surface area contributed by atoms with Gasteiger partial charge >= 0.3 is 0 Å². The van der Waals surface area contributed by atoms with E-state index >= 15 is 0 Å². The molecule has 3 aromatic rings. The number of aromatic nitrogens is 4. The van der Waals surface area contributed by atoms with Crippen molar-refractivity contribution in [3.05, 3.63) is 49.3 Å². The van der Waals surface area contributed by atoms with Crippen molar-refractivity contribution in [1.82, 2.24) is 19.3 Å². The fourth-order valence-electron chi connectivity index (χ4n) is 1.51. The Morgan fingerprint density at radius 1 is 1.07 bits per heavy atom. The molecule has 68 valence electrons. The minimum Gasteiger partial charge on any atom is -0.243 e. The summed E-state index contributed by atoms with van der Waals surface area (Å²) in [5.74, 6) is 0. The highest BCUT2D eigenvalue weighted by molar-refractivity contribution is 5.74. The molecular formula is C10H8N4. The van der Waals surface area contributed by atoms with Gasteiger partial charge in [0.2, 0.25) is 0 Å². The molecule has 2 aromatic heterocycles. The Bertz CT molecular complexity index is 550. The third kappa shape index (κ3) is 0.939. The van der Waals surface area contributed by atoms with Crippen molar-refractivity contribution in [3.63, 3.8) is 0 Å². The van der Waals surface area contributed by atoms with E-state index in [1.807, 2.05) is 39.8 Å². The molecule has 0 amide bonds. The van der Waals surface area contributed by atoms with Gasteiger partial charge in [-0.1, -0.05) is 12.1 Å². The maximum atomic E-state index is 4.29. The molecular weight excluding hydrogens is 176 g/mol. The second-order valence-corrected chi connectivity index (χ2v) is 3.02. The van der Waals surface area contributed by atoms with Crippen molar-refractivity contribution in [2.45, 2.75) is 0 Å². The zero-order valence-electron chi connectivity index (χ0n) is 7.41. The van der Waals surface area contributed by atoms with E-state index in [9.17, 15) is 0 Å². The lowest BCUT2D eigenvalue weighted by molar-refractivity contribution is 0.679. The van der Waals surface area contributed by atoms with Gasteiger partial charge in [0.1, 0.15) is 12.7 Å². The van der Waals surface area contributed by atoms with Crippen LogP contribution in [0.5, 0.6) is 0 Å². The molecule has 0 aliphatic carbocycles. The summed E-state index contributed by atoms with van der Waals surface area (Å²) in [6, 6.07) is 8.00. The predicted octanol–water partition coefficient (Wildman–Crippen LogP) is 1.54. The van der Waals surface area contributed by atoms with Gasteiger partial charge in [-0.05, 0) is 12.1 Å². The molecule has 0 radical (unpaired) electrons. The lowest BCUT2D eigenvalue weighted by Gasteiger charge is -2.02. The Kier molecular flexibility index (Phi) is 1.41. The summed E-state index contributed by atoms with van der Waals surface area (Å²) in [4.78, 5) is 8.29. The van der Waals surface area contributed by atoms with Crippen molar-refractivity contribution < 1.29 is 0 Å². The fraction of sp³-hybridized carbons (Fsp3) is 0. The molecule has 1 aromatic carbocycles. The van der Waals surface area contributed by atoms with Crippen LogP contribution in [-0.2, 0) is 0 Å². The standard InChI is InChI=1S/C10H8N4/c1-2-4-10-9(3-1)12-8-14(10)13-6-5-11-7-13/h1-8H. The minimum absolute atomic E-state index is 0.987. The average molecular weight is 184 g/mol. The Balaban J connectivity index is 2.33. The molecule has 0 atom stereocenters. The molecule has 0 fully saturated rings. The van der Waals surface area contributed by atoms with Gasteiger partial charge in [0.25, 0.3) is 0 Å². The average Bonchev–Trinajstić information content (AvgIpc) is 2.85. The first-order valence-electron chi connectivity index (χ1n) is 4.36. The van der Waals surface area contributed by atoms with E-state index in [4.69, 9.17) is 0 Å². The van der Waals surface area contributed by atoms with Crippen LogP contribution in [0.3, 0.4) is 0 Å². The minimum atomic E-state index is 0.987. The van der Waals surface area contributed by atoms with Crippen LogP contribution in [0.1, 0.15) is 0 Å². The van der Waals surface area contributed by atoms with E-state index in [0.29, 0.717) is 0 Å². The number of fused-ring (bicyclic) bond motifs is 1. The molecule has 3 rings (SSSR count). The first kappa shape index (κ1) is 7.32. The lowest BCUT2D eigenvalue weighted by Crippen LogP contribution is -2.03. The number of rotatable bonds is 1. The van der Waals surface area contributed by atoms with Gasteiger partial charge in [0.05, 0.1) is 11.0 Å². The Labute approximate surface area is 80.4 Å². The van der Waals surface area contributed by atoms with Crippen molar-refractivity contribution >= 4 is 11.0 Å². The zero-order chi connectivity index (χ0) is 9.38. The quantitative estimate of drug-likeness (QED) is 0.575. The van der Waals surface area contributed by atoms with Crippen molar-refractivity contribution in [3.8, 4) is 0 Å². The first-order chi connectivity index (χ1) is 6.95. The SMILES string of the molecule is c1ccc2c(c1)ncn2-n1ccnc1. The van der Waals surface area contributed by atoms with Crippen LogP contribution < -0.4 is 0 Å². The lowest BCUT2D eigenvalue weighted by atomic mass is 10.3. The van der Waals surface area contributed by atoms with Gasteiger partial charge in [-0.25, -0.2) is 19.3 Å². The molecule has 0 aliphatic rings. The summed E-state index contributed by atoms with van der Waals surface area (Å²) in [6.45, 7) is 0. The first-order valence-corrected chi connectivity index (χ1v) is 4.36. The number of hydrogen-bond acceptors (Lipinski definition) is 2. The van der Waals surface area contributed by atoms with Crippen LogP contribution in [0, 0.1) is 0 Å². The largest absolute Gasteiger partial charge is 0.243 e. The topological polar surface area (TPSA) is 35.6 Å². The molecule has 14 heavy (non-hydrogen) atoms. The maximum Gasteiger partial charge on any atom is 0.116 e. The van der Waals surface area contributed by atoms with Gasteiger partial charge in [-0.2, -0.15) is 0 Å². The van der Waals surface area contributed by atoms with Crippen molar-refractivity contribution in [1.29, 1.82) is 0 Å². The van der Waals surface area contributed by atoms with Crippen molar-refractivity contribution in [2.75, 3.05) is 0 Å². The number of imidazole rings is 2.